The molecule has 0 aromatic carbocycles. The smallest absolute Gasteiger partial charge is 0.252 e. The lowest BCUT2D eigenvalue weighted by Crippen LogP contribution is -2.36. The van der Waals surface area contributed by atoms with Crippen molar-refractivity contribution >= 4 is 41.8 Å². The van der Waals surface area contributed by atoms with Crippen LogP contribution in [0.1, 0.15) is 48.8 Å². The molecule has 0 spiro atoms. The molecular weight excluding hydrogens is 349 g/mol. The van der Waals surface area contributed by atoms with Crippen molar-refractivity contribution in [2.75, 3.05) is 13.1 Å². The largest absolute Gasteiger partial charge is 0.348 e. The number of aromatic nitrogens is 3. The lowest BCUT2D eigenvalue weighted by atomic mass is 10.1. The molecule has 0 bridgehead atoms. The number of fused-ring (bicyclic) bond motifs is 1. The average molecular weight is 374 g/mol. The summed E-state index contributed by atoms with van der Waals surface area (Å²) >= 11 is 0. The number of halogens is 2. The minimum absolute atomic E-state index is 0. The molecule has 24 heavy (non-hydrogen) atoms. The van der Waals surface area contributed by atoms with Gasteiger partial charge in [0.25, 0.3) is 5.91 Å². The molecule has 0 saturated carbocycles. The van der Waals surface area contributed by atoms with E-state index in [0.717, 1.165) is 42.7 Å². The summed E-state index contributed by atoms with van der Waals surface area (Å²) in [4.78, 5) is 17.2. The van der Waals surface area contributed by atoms with E-state index in [0.29, 0.717) is 5.56 Å². The number of amides is 1. The fourth-order valence-corrected chi connectivity index (χ4v) is 2.87. The summed E-state index contributed by atoms with van der Waals surface area (Å²) < 4.78 is 1.91. The van der Waals surface area contributed by atoms with E-state index in [1.165, 1.54) is 0 Å². The molecular formula is C16H25Cl2N5O. The monoisotopic (exact) mass is 373 g/mol. The maximum Gasteiger partial charge on any atom is 0.252 e. The van der Waals surface area contributed by atoms with E-state index in [-0.39, 0.29) is 42.8 Å². The van der Waals surface area contributed by atoms with E-state index in [4.69, 9.17) is 0 Å². The van der Waals surface area contributed by atoms with Gasteiger partial charge in [-0.2, -0.15) is 5.10 Å². The summed E-state index contributed by atoms with van der Waals surface area (Å²) in [5.74, 6) is -0.0344. The van der Waals surface area contributed by atoms with Crippen LogP contribution >= 0.6 is 24.8 Å². The SMILES string of the molecule is CCC(C)n1ncc2c(C(=O)NC3CCNC3)cc(C)nc21.Cl.Cl. The van der Waals surface area contributed by atoms with Crippen molar-refractivity contribution in [3.63, 3.8) is 0 Å². The third-order valence-corrected chi connectivity index (χ3v) is 4.34. The second-order valence-electron chi connectivity index (χ2n) is 6.06. The van der Waals surface area contributed by atoms with Crippen molar-refractivity contribution in [1.82, 2.24) is 25.4 Å². The lowest BCUT2D eigenvalue weighted by Gasteiger charge is -2.13. The van der Waals surface area contributed by atoms with Crippen LogP contribution in [0.25, 0.3) is 11.0 Å². The highest BCUT2D eigenvalue weighted by atomic mass is 35.5. The molecule has 1 fully saturated rings. The topological polar surface area (TPSA) is 71.8 Å². The zero-order valence-electron chi connectivity index (χ0n) is 14.2. The number of rotatable bonds is 4. The van der Waals surface area contributed by atoms with Crippen molar-refractivity contribution in [2.24, 2.45) is 0 Å². The van der Waals surface area contributed by atoms with E-state index in [2.05, 4.69) is 34.6 Å². The number of pyridine rings is 1. The fourth-order valence-electron chi connectivity index (χ4n) is 2.87. The fraction of sp³-hybridized carbons (Fsp3) is 0.562. The summed E-state index contributed by atoms with van der Waals surface area (Å²) in [6.45, 7) is 7.95. The summed E-state index contributed by atoms with van der Waals surface area (Å²) in [6.07, 6.45) is 3.71. The van der Waals surface area contributed by atoms with Crippen LogP contribution in [0, 0.1) is 6.92 Å². The van der Waals surface area contributed by atoms with Gasteiger partial charge in [0, 0.05) is 18.3 Å². The predicted molar refractivity (Wildman–Crippen MR) is 101 cm³/mol. The third-order valence-electron chi connectivity index (χ3n) is 4.34. The molecule has 1 aliphatic rings. The Balaban J connectivity index is 0.00000144. The second kappa shape index (κ2) is 8.65. The molecule has 1 aliphatic heterocycles. The minimum atomic E-state index is -0.0344. The standard InChI is InChI=1S/C16H23N5O.2ClH/c1-4-11(3)21-15-14(9-18-21)13(7-10(2)19-15)16(22)20-12-5-6-17-8-12;;/h7,9,11-12,17H,4-6,8H2,1-3H3,(H,20,22);2*1H. The Kier molecular flexibility index (Phi) is 7.45. The Morgan fingerprint density at radius 3 is 2.88 bits per heavy atom. The highest BCUT2D eigenvalue weighted by molar-refractivity contribution is 6.05. The first-order chi connectivity index (χ1) is 10.6. The van der Waals surface area contributed by atoms with Crippen LogP contribution in [0.3, 0.4) is 0 Å². The molecule has 2 aromatic heterocycles. The summed E-state index contributed by atoms with van der Waals surface area (Å²) in [5, 5.41) is 11.6. The van der Waals surface area contributed by atoms with Crippen LogP contribution in [-0.2, 0) is 0 Å². The molecule has 2 unspecified atom stereocenters. The minimum Gasteiger partial charge on any atom is -0.348 e. The molecule has 2 aromatic rings. The predicted octanol–water partition coefficient (Wildman–Crippen LogP) is 2.65. The molecule has 3 heterocycles. The van der Waals surface area contributed by atoms with Crippen LogP contribution in [-0.4, -0.2) is 39.8 Å². The van der Waals surface area contributed by atoms with Gasteiger partial charge in [0.2, 0.25) is 0 Å². The molecule has 2 N–H and O–H groups in total. The van der Waals surface area contributed by atoms with Crippen molar-refractivity contribution in [1.29, 1.82) is 0 Å². The Labute approximate surface area is 154 Å². The van der Waals surface area contributed by atoms with Gasteiger partial charge in [0.15, 0.2) is 5.65 Å². The first-order valence-electron chi connectivity index (χ1n) is 7.96. The zero-order valence-corrected chi connectivity index (χ0v) is 15.8. The van der Waals surface area contributed by atoms with Gasteiger partial charge in [-0.3, -0.25) is 4.79 Å². The highest BCUT2D eigenvalue weighted by Crippen LogP contribution is 2.22. The number of nitrogens with zero attached hydrogens (tertiary/aromatic N) is 3. The summed E-state index contributed by atoms with van der Waals surface area (Å²) in [6, 6.07) is 2.32. The van der Waals surface area contributed by atoms with E-state index < -0.39 is 0 Å². The van der Waals surface area contributed by atoms with Crippen LogP contribution in [0.4, 0.5) is 0 Å². The summed E-state index contributed by atoms with van der Waals surface area (Å²) in [5.41, 5.74) is 2.31. The number of hydrogen-bond donors (Lipinski definition) is 2. The van der Waals surface area contributed by atoms with Gasteiger partial charge in [0.1, 0.15) is 0 Å². The first-order valence-corrected chi connectivity index (χ1v) is 7.96. The van der Waals surface area contributed by atoms with E-state index in [1.54, 1.807) is 6.20 Å². The Morgan fingerprint density at radius 1 is 1.50 bits per heavy atom. The van der Waals surface area contributed by atoms with Gasteiger partial charge in [0.05, 0.1) is 23.2 Å². The Bertz CT molecular complexity index is 697. The quantitative estimate of drug-likeness (QED) is 0.863. The molecule has 3 rings (SSSR count). The van der Waals surface area contributed by atoms with Crippen LogP contribution in [0.2, 0.25) is 0 Å². The molecule has 134 valence electrons. The molecule has 1 amide bonds. The number of hydrogen-bond acceptors (Lipinski definition) is 4. The molecule has 0 radical (unpaired) electrons. The van der Waals surface area contributed by atoms with Gasteiger partial charge < -0.3 is 10.6 Å². The second-order valence-corrected chi connectivity index (χ2v) is 6.06. The van der Waals surface area contributed by atoms with Crippen LogP contribution in [0.15, 0.2) is 12.3 Å². The molecule has 6 nitrogen and oxygen atoms in total. The summed E-state index contributed by atoms with van der Waals surface area (Å²) in [7, 11) is 0. The maximum absolute atomic E-state index is 12.6. The number of carbonyl (C=O) groups excluding carboxylic acids is 1. The van der Waals surface area contributed by atoms with Crippen molar-refractivity contribution in [3.8, 4) is 0 Å². The van der Waals surface area contributed by atoms with Gasteiger partial charge in [-0.15, -0.1) is 24.8 Å². The van der Waals surface area contributed by atoms with E-state index in [1.807, 2.05) is 17.7 Å². The molecule has 8 heteroatoms. The van der Waals surface area contributed by atoms with Gasteiger partial charge in [-0.25, -0.2) is 9.67 Å². The van der Waals surface area contributed by atoms with Crippen molar-refractivity contribution in [3.05, 3.63) is 23.5 Å². The van der Waals surface area contributed by atoms with Gasteiger partial charge in [-0.05, 0) is 39.3 Å². The molecule has 1 saturated heterocycles. The zero-order chi connectivity index (χ0) is 15.7. The normalized spacial score (nSPS) is 17.9. The highest BCUT2D eigenvalue weighted by Gasteiger charge is 2.21. The number of nitrogens with one attached hydrogen (secondary N) is 2. The molecule has 0 aliphatic carbocycles. The van der Waals surface area contributed by atoms with Crippen LogP contribution < -0.4 is 10.6 Å². The third kappa shape index (κ3) is 3.99. The average Bonchev–Trinajstić information content (AvgIpc) is 3.14. The van der Waals surface area contributed by atoms with E-state index >= 15 is 0 Å². The van der Waals surface area contributed by atoms with Crippen molar-refractivity contribution < 1.29 is 4.79 Å². The molecule has 2 atom stereocenters. The number of carbonyl (C=O) groups is 1. The number of aryl methyl sites for hydroxylation is 1. The van der Waals surface area contributed by atoms with E-state index in [9.17, 15) is 4.79 Å². The van der Waals surface area contributed by atoms with Crippen LogP contribution in [0.5, 0.6) is 0 Å². The Morgan fingerprint density at radius 2 is 2.25 bits per heavy atom. The van der Waals surface area contributed by atoms with Crippen molar-refractivity contribution in [2.45, 2.75) is 45.7 Å². The van der Waals surface area contributed by atoms with Gasteiger partial charge in [-0.1, -0.05) is 6.92 Å². The lowest BCUT2D eigenvalue weighted by molar-refractivity contribution is 0.0941. The maximum atomic E-state index is 12.6. The first kappa shape index (κ1) is 20.7. The van der Waals surface area contributed by atoms with Gasteiger partial charge >= 0.3 is 0 Å². The Hall–Kier alpha value is -1.37.